The second-order valence-electron chi connectivity index (χ2n) is 5.49. The van der Waals surface area contributed by atoms with Crippen LogP contribution in [0.3, 0.4) is 0 Å². The Labute approximate surface area is 165 Å². The number of hydrogen-bond donors (Lipinski definition) is 0. The second-order valence-corrected chi connectivity index (χ2v) is 6.86. The van der Waals surface area contributed by atoms with E-state index in [2.05, 4.69) is 10.1 Å². The number of para-hydroxylation sites is 1. The minimum atomic E-state index is -0.454. The third-order valence-corrected chi connectivity index (χ3v) is 4.79. The number of aryl methyl sites for hydroxylation is 1. The zero-order chi connectivity index (χ0) is 19.1. The van der Waals surface area contributed by atoms with Crippen molar-refractivity contribution < 1.29 is 18.8 Å². The molecule has 1 aromatic carbocycles. The van der Waals surface area contributed by atoms with Gasteiger partial charge in [-0.2, -0.15) is 0 Å². The van der Waals surface area contributed by atoms with Crippen LogP contribution in [-0.2, 0) is 10.5 Å². The van der Waals surface area contributed by atoms with Crippen LogP contribution in [0.15, 0.2) is 58.2 Å². The zero-order valence-corrected chi connectivity index (χ0v) is 16.1. The van der Waals surface area contributed by atoms with Crippen LogP contribution in [0.2, 0.25) is 5.02 Å². The Balaban J connectivity index is 1.52. The number of thioether (sulfide) groups is 1. The molecule has 0 spiro atoms. The van der Waals surface area contributed by atoms with Gasteiger partial charge in [0.15, 0.2) is 0 Å². The number of pyridine rings is 1. The number of nitrogens with zero attached hydrogens (tertiary/aromatic N) is 2. The maximum Gasteiger partial charge on any atom is 0.341 e. The molecule has 0 aliphatic rings. The fraction of sp³-hybridized carbons (Fsp3) is 0.211. The number of carbonyl (C=O) groups is 1. The molecule has 0 aliphatic heterocycles. The summed E-state index contributed by atoms with van der Waals surface area (Å²) in [6.45, 7) is 2.14. The second kappa shape index (κ2) is 9.43. The minimum absolute atomic E-state index is 0.103. The first-order valence-electron chi connectivity index (χ1n) is 8.18. The van der Waals surface area contributed by atoms with Gasteiger partial charge in [0.05, 0.1) is 16.3 Å². The largest absolute Gasteiger partial charge is 0.488 e. The van der Waals surface area contributed by atoms with Gasteiger partial charge in [-0.15, -0.1) is 0 Å². The quantitative estimate of drug-likeness (QED) is 0.309. The van der Waals surface area contributed by atoms with Gasteiger partial charge in [0.2, 0.25) is 0 Å². The van der Waals surface area contributed by atoms with Gasteiger partial charge in [-0.25, -0.2) is 9.78 Å². The lowest BCUT2D eigenvalue weighted by molar-refractivity contribution is 0.0445. The summed E-state index contributed by atoms with van der Waals surface area (Å²) in [6.07, 6.45) is 1.63. The highest BCUT2D eigenvalue weighted by molar-refractivity contribution is 7.98. The molecule has 0 fully saturated rings. The summed E-state index contributed by atoms with van der Waals surface area (Å²) in [5.74, 6) is 1.38. The summed E-state index contributed by atoms with van der Waals surface area (Å²) in [7, 11) is 0. The first-order valence-corrected chi connectivity index (χ1v) is 9.54. The van der Waals surface area contributed by atoms with E-state index >= 15 is 0 Å². The van der Waals surface area contributed by atoms with Crippen LogP contribution < -0.4 is 4.74 Å². The molecule has 27 heavy (non-hydrogen) atoms. The molecule has 0 saturated carbocycles. The maximum absolute atomic E-state index is 12.4. The van der Waals surface area contributed by atoms with Crippen LogP contribution in [0, 0.1) is 6.92 Å². The Morgan fingerprint density at radius 1 is 1.22 bits per heavy atom. The predicted octanol–water partition coefficient (Wildman–Crippen LogP) is 4.56. The van der Waals surface area contributed by atoms with Crippen molar-refractivity contribution in [2.45, 2.75) is 17.7 Å². The molecule has 6 nitrogen and oxygen atoms in total. The highest BCUT2D eigenvalue weighted by Crippen LogP contribution is 2.25. The molecule has 3 aromatic rings. The fourth-order valence-corrected chi connectivity index (χ4v) is 3.27. The summed E-state index contributed by atoms with van der Waals surface area (Å²) < 4.78 is 15.8. The first kappa shape index (κ1) is 19.3. The van der Waals surface area contributed by atoms with E-state index in [0.717, 1.165) is 11.5 Å². The molecule has 0 saturated heterocycles. The Hall–Kier alpha value is -2.51. The SMILES string of the molecule is Cc1cc(CSc2ncccc2C(=O)OCCOc2ccccc2Cl)no1. The minimum Gasteiger partial charge on any atom is -0.488 e. The lowest BCUT2D eigenvalue weighted by atomic mass is 10.3. The number of esters is 1. The van der Waals surface area contributed by atoms with Crippen molar-refractivity contribution >= 4 is 29.3 Å². The number of ether oxygens (including phenoxy) is 2. The van der Waals surface area contributed by atoms with Gasteiger partial charge in [0.25, 0.3) is 0 Å². The van der Waals surface area contributed by atoms with E-state index in [1.807, 2.05) is 25.1 Å². The van der Waals surface area contributed by atoms with Gasteiger partial charge >= 0.3 is 5.97 Å². The lowest BCUT2D eigenvalue weighted by Gasteiger charge is -2.10. The van der Waals surface area contributed by atoms with Crippen molar-refractivity contribution in [3.05, 3.63) is 70.7 Å². The molecule has 0 amide bonds. The van der Waals surface area contributed by atoms with E-state index in [1.165, 1.54) is 11.8 Å². The molecule has 2 heterocycles. The highest BCUT2D eigenvalue weighted by atomic mass is 35.5. The number of benzene rings is 1. The van der Waals surface area contributed by atoms with Gasteiger partial charge in [-0.1, -0.05) is 40.7 Å². The standard InChI is InChI=1S/C19H17ClN2O4S/c1-13-11-14(22-26-13)12-27-18-15(5-4-8-21-18)19(23)25-10-9-24-17-7-3-2-6-16(17)20/h2-8,11H,9-10,12H2,1H3. The van der Waals surface area contributed by atoms with Crippen molar-refractivity contribution in [1.29, 1.82) is 0 Å². The van der Waals surface area contributed by atoms with E-state index in [0.29, 0.717) is 27.1 Å². The summed E-state index contributed by atoms with van der Waals surface area (Å²) in [6, 6.07) is 12.4. The lowest BCUT2D eigenvalue weighted by Crippen LogP contribution is -2.13. The van der Waals surface area contributed by atoms with Crippen LogP contribution in [0.1, 0.15) is 21.8 Å². The molecule has 0 unspecified atom stereocenters. The average Bonchev–Trinajstić information content (AvgIpc) is 3.10. The monoisotopic (exact) mass is 404 g/mol. The van der Waals surface area contributed by atoms with E-state index in [-0.39, 0.29) is 13.2 Å². The van der Waals surface area contributed by atoms with Gasteiger partial charge in [0, 0.05) is 18.0 Å². The smallest absolute Gasteiger partial charge is 0.341 e. The van der Waals surface area contributed by atoms with Crippen molar-refractivity contribution in [2.75, 3.05) is 13.2 Å². The normalized spacial score (nSPS) is 10.6. The van der Waals surface area contributed by atoms with Crippen LogP contribution >= 0.6 is 23.4 Å². The van der Waals surface area contributed by atoms with E-state index in [4.69, 9.17) is 25.6 Å². The van der Waals surface area contributed by atoms with Crippen molar-refractivity contribution in [1.82, 2.24) is 10.1 Å². The van der Waals surface area contributed by atoms with Gasteiger partial charge < -0.3 is 14.0 Å². The number of rotatable bonds is 8. The zero-order valence-electron chi connectivity index (χ0n) is 14.6. The molecule has 0 bridgehead atoms. The van der Waals surface area contributed by atoms with Gasteiger partial charge in [0.1, 0.15) is 29.7 Å². The molecular formula is C19H17ClN2O4S. The first-order chi connectivity index (χ1) is 13.1. The number of carbonyl (C=O) groups excluding carboxylic acids is 1. The van der Waals surface area contributed by atoms with Crippen LogP contribution in [0.5, 0.6) is 5.75 Å². The Kier molecular flexibility index (Phi) is 6.73. The molecular weight excluding hydrogens is 388 g/mol. The summed E-state index contributed by atoms with van der Waals surface area (Å²) >= 11 is 7.41. The molecule has 0 atom stereocenters. The number of aromatic nitrogens is 2. The molecule has 0 radical (unpaired) electrons. The van der Waals surface area contributed by atoms with Crippen molar-refractivity contribution in [3.8, 4) is 5.75 Å². The Morgan fingerprint density at radius 2 is 2.07 bits per heavy atom. The molecule has 0 aliphatic carbocycles. The average molecular weight is 405 g/mol. The van der Waals surface area contributed by atoms with Gasteiger partial charge in [-0.05, 0) is 31.2 Å². The van der Waals surface area contributed by atoms with Crippen molar-refractivity contribution in [3.63, 3.8) is 0 Å². The molecule has 8 heteroatoms. The summed E-state index contributed by atoms with van der Waals surface area (Å²) in [5.41, 5.74) is 1.19. The molecule has 2 aromatic heterocycles. The predicted molar refractivity (Wildman–Crippen MR) is 102 cm³/mol. The third-order valence-electron chi connectivity index (χ3n) is 3.44. The van der Waals surface area contributed by atoms with E-state index in [1.54, 1.807) is 30.5 Å². The summed E-state index contributed by atoms with van der Waals surface area (Å²) in [4.78, 5) is 16.6. The Bertz CT molecular complexity index is 916. The van der Waals surface area contributed by atoms with Crippen LogP contribution in [0.25, 0.3) is 0 Å². The van der Waals surface area contributed by atoms with Crippen molar-refractivity contribution in [2.24, 2.45) is 0 Å². The Morgan fingerprint density at radius 3 is 2.85 bits per heavy atom. The number of hydrogen-bond acceptors (Lipinski definition) is 7. The molecule has 140 valence electrons. The summed E-state index contributed by atoms with van der Waals surface area (Å²) in [5, 5.41) is 5.03. The molecule has 0 N–H and O–H groups in total. The van der Waals surface area contributed by atoms with Crippen LogP contribution in [0.4, 0.5) is 0 Å². The fourth-order valence-electron chi connectivity index (χ4n) is 2.21. The third kappa shape index (κ3) is 5.48. The maximum atomic E-state index is 12.4. The molecule has 3 rings (SSSR count). The highest BCUT2D eigenvalue weighted by Gasteiger charge is 2.15. The van der Waals surface area contributed by atoms with Gasteiger partial charge in [-0.3, -0.25) is 0 Å². The van der Waals surface area contributed by atoms with Crippen LogP contribution in [-0.4, -0.2) is 29.3 Å². The van der Waals surface area contributed by atoms with E-state index < -0.39 is 5.97 Å². The topological polar surface area (TPSA) is 74.5 Å². The van der Waals surface area contributed by atoms with E-state index in [9.17, 15) is 4.79 Å². The number of halogens is 1.